The second kappa shape index (κ2) is 5.25. The minimum atomic E-state index is -0.300. The molecule has 1 N–H and O–H groups in total. The van der Waals surface area contributed by atoms with Crippen LogP contribution in [-0.2, 0) is 6.42 Å². The fourth-order valence-electron chi connectivity index (χ4n) is 1.63. The lowest BCUT2D eigenvalue weighted by Crippen LogP contribution is -2.05. The number of halogens is 1. The van der Waals surface area contributed by atoms with Crippen molar-refractivity contribution >= 4 is 5.71 Å². The lowest BCUT2D eigenvalue weighted by Gasteiger charge is -2.04. The Morgan fingerprint density at radius 2 is 1.65 bits per heavy atom. The fourth-order valence-corrected chi connectivity index (χ4v) is 1.63. The van der Waals surface area contributed by atoms with Gasteiger partial charge >= 0.3 is 0 Å². The van der Waals surface area contributed by atoms with Crippen molar-refractivity contribution < 1.29 is 9.60 Å². The Balaban J connectivity index is 2.21. The van der Waals surface area contributed by atoms with E-state index in [1.54, 1.807) is 12.1 Å². The van der Waals surface area contributed by atoms with E-state index in [-0.39, 0.29) is 5.82 Å². The van der Waals surface area contributed by atoms with Gasteiger partial charge in [-0.05, 0) is 23.3 Å². The summed E-state index contributed by atoms with van der Waals surface area (Å²) in [4.78, 5) is 0. The van der Waals surface area contributed by atoms with E-state index in [4.69, 9.17) is 5.21 Å². The molecule has 0 atom stereocenters. The first-order chi connectivity index (χ1) is 8.29. The highest BCUT2D eigenvalue weighted by Crippen LogP contribution is 2.09. The van der Waals surface area contributed by atoms with Gasteiger partial charge in [-0.2, -0.15) is 0 Å². The minimum absolute atomic E-state index is 0.300. The van der Waals surface area contributed by atoms with Crippen LogP contribution in [0.2, 0.25) is 0 Å². The van der Waals surface area contributed by atoms with E-state index in [9.17, 15) is 4.39 Å². The van der Waals surface area contributed by atoms with Gasteiger partial charge in [-0.3, -0.25) is 0 Å². The van der Waals surface area contributed by atoms with Crippen LogP contribution >= 0.6 is 0 Å². The quantitative estimate of drug-likeness (QED) is 0.489. The summed E-state index contributed by atoms with van der Waals surface area (Å²) in [6, 6.07) is 15.6. The highest BCUT2D eigenvalue weighted by molar-refractivity contribution is 6.01. The maximum absolute atomic E-state index is 12.8. The van der Waals surface area contributed by atoms with Gasteiger partial charge in [0.15, 0.2) is 0 Å². The number of benzene rings is 2. The smallest absolute Gasteiger partial charge is 0.123 e. The van der Waals surface area contributed by atoms with Crippen molar-refractivity contribution in [3.63, 3.8) is 0 Å². The Hall–Kier alpha value is -2.16. The number of oxime groups is 1. The Morgan fingerprint density at radius 3 is 2.24 bits per heavy atom. The zero-order valence-electron chi connectivity index (χ0n) is 9.18. The molecule has 0 spiro atoms. The molecule has 0 saturated carbocycles. The van der Waals surface area contributed by atoms with Crippen LogP contribution in [0.4, 0.5) is 4.39 Å². The van der Waals surface area contributed by atoms with Crippen molar-refractivity contribution in [2.24, 2.45) is 5.16 Å². The summed E-state index contributed by atoms with van der Waals surface area (Å²) in [5.41, 5.74) is 2.29. The molecule has 0 fully saturated rings. The van der Waals surface area contributed by atoms with Gasteiger partial charge in [-0.1, -0.05) is 47.6 Å². The Morgan fingerprint density at radius 1 is 1.00 bits per heavy atom. The molecule has 0 heterocycles. The third-order valence-corrected chi connectivity index (χ3v) is 2.51. The SMILES string of the molecule is O/N=C(\Cc1ccccc1)c1ccc(F)cc1. The van der Waals surface area contributed by atoms with Gasteiger partial charge < -0.3 is 5.21 Å². The lowest BCUT2D eigenvalue weighted by atomic mass is 10.0. The number of hydrogen-bond acceptors (Lipinski definition) is 2. The number of hydrogen-bond donors (Lipinski definition) is 1. The molecule has 0 aliphatic carbocycles. The van der Waals surface area contributed by atoms with Crippen LogP contribution in [0.3, 0.4) is 0 Å². The van der Waals surface area contributed by atoms with Gasteiger partial charge in [0, 0.05) is 6.42 Å². The van der Waals surface area contributed by atoms with Crippen LogP contribution in [0.15, 0.2) is 59.8 Å². The molecule has 0 saturated heterocycles. The topological polar surface area (TPSA) is 32.6 Å². The molecule has 17 heavy (non-hydrogen) atoms. The molecule has 86 valence electrons. The molecular weight excluding hydrogens is 217 g/mol. The van der Waals surface area contributed by atoms with Gasteiger partial charge in [0.2, 0.25) is 0 Å². The normalized spacial score (nSPS) is 11.5. The summed E-state index contributed by atoms with van der Waals surface area (Å²) in [5, 5.41) is 12.3. The van der Waals surface area contributed by atoms with E-state index >= 15 is 0 Å². The van der Waals surface area contributed by atoms with Gasteiger partial charge in [-0.25, -0.2) is 4.39 Å². The fraction of sp³-hybridized carbons (Fsp3) is 0.0714. The van der Waals surface area contributed by atoms with Crippen molar-refractivity contribution in [1.29, 1.82) is 0 Å². The van der Waals surface area contributed by atoms with E-state index in [0.717, 1.165) is 11.1 Å². The molecule has 0 aliphatic heterocycles. The molecule has 0 radical (unpaired) electrons. The van der Waals surface area contributed by atoms with Crippen molar-refractivity contribution in [2.45, 2.75) is 6.42 Å². The summed E-state index contributed by atoms with van der Waals surface area (Å²) < 4.78 is 12.8. The molecule has 2 nitrogen and oxygen atoms in total. The van der Waals surface area contributed by atoms with E-state index in [2.05, 4.69) is 5.16 Å². The van der Waals surface area contributed by atoms with Crippen LogP contribution in [0.1, 0.15) is 11.1 Å². The first-order valence-electron chi connectivity index (χ1n) is 5.30. The van der Waals surface area contributed by atoms with Crippen LogP contribution < -0.4 is 0 Å². The molecule has 0 aromatic heterocycles. The molecule has 2 rings (SSSR count). The highest BCUT2D eigenvalue weighted by atomic mass is 19.1. The van der Waals surface area contributed by atoms with Gasteiger partial charge in [0.05, 0.1) is 5.71 Å². The zero-order valence-corrected chi connectivity index (χ0v) is 9.18. The van der Waals surface area contributed by atoms with Gasteiger partial charge in [-0.15, -0.1) is 0 Å². The molecule has 0 aliphatic rings. The number of nitrogens with zero attached hydrogens (tertiary/aromatic N) is 1. The van der Waals surface area contributed by atoms with Gasteiger partial charge in [0.1, 0.15) is 5.82 Å². The second-order valence-electron chi connectivity index (χ2n) is 3.72. The molecule has 0 amide bonds. The Kier molecular flexibility index (Phi) is 3.50. The maximum Gasteiger partial charge on any atom is 0.123 e. The highest BCUT2D eigenvalue weighted by Gasteiger charge is 2.05. The van der Waals surface area contributed by atoms with Crippen LogP contribution in [0, 0.1) is 5.82 Å². The zero-order chi connectivity index (χ0) is 12.1. The van der Waals surface area contributed by atoms with E-state index in [1.807, 2.05) is 30.3 Å². The van der Waals surface area contributed by atoms with Crippen LogP contribution in [0.5, 0.6) is 0 Å². The van der Waals surface area contributed by atoms with Crippen molar-refractivity contribution in [3.05, 3.63) is 71.5 Å². The average Bonchev–Trinajstić information content (AvgIpc) is 2.38. The first kappa shape index (κ1) is 11.3. The molecular formula is C14H12FNO. The minimum Gasteiger partial charge on any atom is -0.411 e. The monoisotopic (exact) mass is 229 g/mol. The third-order valence-electron chi connectivity index (χ3n) is 2.51. The summed E-state index contributed by atoms with van der Waals surface area (Å²) in [7, 11) is 0. The van der Waals surface area contributed by atoms with Crippen molar-refractivity contribution in [3.8, 4) is 0 Å². The second-order valence-corrected chi connectivity index (χ2v) is 3.72. The molecule has 3 heteroatoms. The Bertz CT molecular complexity index is 506. The summed E-state index contributed by atoms with van der Waals surface area (Å²) in [5.74, 6) is -0.300. The van der Waals surface area contributed by atoms with E-state index in [1.165, 1.54) is 12.1 Å². The predicted octanol–water partition coefficient (Wildman–Crippen LogP) is 3.25. The molecule has 2 aromatic carbocycles. The predicted molar refractivity (Wildman–Crippen MR) is 64.9 cm³/mol. The first-order valence-corrected chi connectivity index (χ1v) is 5.30. The van der Waals surface area contributed by atoms with Crippen LogP contribution in [-0.4, -0.2) is 10.9 Å². The molecule has 0 unspecified atom stereocenters. The number of rotatable bonds is 3. The van der Waals surface area contributed by atoms with Gasteiger partial charge in [0.25, 0.3) is 0 Å². The lowest BCUT2D eigenvalue weighted by molar-refractivity contribution is 0.318. The third kappa shape index (κ3) is 2.91. The van der Waals surface area contributed by atoms with Crippen molar-refractivity contribution in [1.82, 2.24) is 0 Å². The molecule has 0 bridgehead atoms. The van der Waals surface area contributed by atoms with E-state index < -0.39 is 0 Å². The largest absolute Gasteiger partial charge is 0.411 e. The summed E-state index contributed by atoms with van der Waals surface area (Å²) in [6.45, 7) is 0. The van der Waals surface area contributed by atoms with Crippen molar-refractivity contribution in [2.75, 3.05) is 0 Å². The summed E-state index contributed by atoms with van der Waals surface area (Å²) >= 11 is 0. The standard InChI is InChI=1S/C14H12FNO/c15-13-8-6-12(7-9-13)14(16-17)10-11-4-2-1-3-5-11/h1-9,17H,10H2/b16-14+. The van der Waals surface area contributed by atoms with Crippen LogP contribution in [0.25, 0.3) is 0 Å². The maximum atomic E-state index is 12.8. The summed E-state index contributed by atoms with van der Waals surface area (Å²) in [6.07, 6.45) is 0.517. The average molecular weight is 229 g/mol. The molecule has 2 aromatic rings. The Labute approximate surface area is 99.0 Å². The van der Waals surface area contributed by atoms with E-state index in [0.29, 0.717) is 12.1 Å².